The number of amides is 1. The van der Waals surface area contributed by atoms with Crippen molar-refractivity contribution in [1.29, 1.82) is 0 Å². The Morgan fingerprint density at radius 3 is 3.04 bits per heavy atom. The number of hydrogen-bond donors (Lipinski definition) is 2. The number of nitrogens with zero attached hydrogens (tertiary/aromatic N) is 3. The molecule has 1 amide bonds. The Morgan fingerprint density at radius 2 is 2.19 bits per heavy atom. The van der Waals surface area contributed by atoms with Crippen LogP contribution in [0.5, 0.6) is 0 Å². The zero-order chi connectivity index (χ0) is 17.7. The molecule has 1 atom stereocenters. The van der Waals surface area contributed by atoms with E-state index in [2.05, 4.69) is 16.5 Å². The van der Waals surface area contributed by atoms with E-state index in [1.165, 1.54) is 5.56 Å². The number of para-hydroxylation sites is 1. The highest BCUT2D eigenvalue weighted by Crippen LogP contribution is 2.40. The average molecular weight is 352 g/mol. The van der Waals surface area contributed by atoms with E-state index in [1.54, 1.807) is 0 Å². The third kappa shape index (κ3) is 2.69. The number of rotatable bonds is 3. The molecule has 2 aromatic rings. The lowest BCUT2D eigenvalue weighted by Crippen LogP contribution is -2.38. The Balaban J connectivity index is 1.38. The number of fused-ring (bicyclic) bond motifs is 2. The zero-order valence-corrected chi connectivity index (χ0v) is 14.8. The summed E-state index contributed by atoms with van der Waals surface area (Å²) >= 11 is 0. The first-order chi connectivity index (χ1) is 12.7. The number of hydrogen-bond acceptors (Lipinski definition) is 4. The van der Waals surface area contributed by atoms with Gasteiger partial charge < -0.3 is 15.3 Å². The molecule has 0 bridgehead atoms. The summed E-state index contributed by atoms with van der Waals surface area (Å²) in [6.07, 6.45) is 3.85. The third-order valence-electron chi connectivity index (χ3n) is 5.78. The molecule has 136 valence electrons. The molecular weight excluding hydrogens is 328 g/mol. The molecule has 1 aliphatic carbocycles. The largest absolute Gasteiger partial charge is 0.386 e. The van der Waals surface area contributed by atoms with Crippen LogP contribution in [0.4, 0.5) is 5.69 Å². The van der Waals surface area contributed by atoms with Gasteiger partial charge in [-0.15, -0.1) is 0 Å². The summed E-state index contributed by atoms with van der Waals surface area (Å²) in [5, 5.41) is 18.3. The fourth-order valence-electron chi connectivity index (χ4n) is 4.12. The molecule has 26 heavy (non-hydrogen) atoms. The number of carbonyl (C=O) groups excluding carboxylic acids is 1. The Hall–Kier alpha value is -2.34. The molecule has 0 saturated heterocycles. The van der Waals surface area contributed by atoms with Crippen molar-refractivity contribution in [3.63, 3.8) is 0 Å². The number of anilines is 1. The number of benzene rings is 1. The number of nitrogens with one attached hydrogen (secondary N) is 1. The van der Waals surface area contributed by atoms with Gasteiger partial charge in [-0.2, -0.15) is 5.10 Å². The number of aliphatic hydroxyl groups excluding tert-OH is 1. The minimum absolute atomic E-state index is 0.0768. The fraction of sp³-hybridized carbons (Fsp3) is 0.500. The van der Waals surface area contributed by atoms with Crippen LogP contribution in [0.15, 0.2) is 24.3 Å². The molecule has 0 radical (unpaired) electrons. The van der Waals surface area contributed by atoms with Crippen LogP contribution in [0, 0.1) is 5.92 Å². The lowest BCUT2D eigenvalue weighted by Gasteiger charge is -2.29. The van der Waals surface area contributed by atoms with E-state index in [9.17, 15) is 9.90 Å². The summed E-state index contributed by atoms with van der Waals surface area (Å²) in [6.45, 7) is 2.80. The van der Waals surface area contributed by atoms with Crippen molar-refractivity contribution in [2.24, 2.45) is 5.92 Å². The van der Waals surface area contributed by atoms with Gasteiger partial charge in [0, 0.05) is 13.1 Å². The third-order valence-corrected chi connectivity index (χ3v) is 5.78. The monoisotopic (exact) mass is 352 g/mol. The van der Waals surface area contributed by atoms with Gasteiger partial charge in [-0.1, -0.05) is 12.1 Å². The summed E-state index contributed by atoms with van der Waals surface area (Å²) in [5.41, 5.74) is 4.78. The summed E-state index contributed by atoms with van der Waals surface area (Å²) in [6, 6.07) is 7.99. The maximum Gasteiger partial charge on any atom is 0.256 e. The second kappa shape index (κ2) is 6.13. The van der Waals surface area contributed by atoms with E-state index in [-0.39, 0.29) is 5.91 Å². The fourth-order valence-corrected chi connectivity index (χ4v) is 4.12. The van der Waals surface area contributed by atoms with Crippen molar-refractivity contribution >= 4 is 11.6 Å². The van der Waals surface area contributed by atoms with Gasteiger partial charge in [0.2, 0.25) is 0 Å². The predicted octanol–water partition coefficient (Wildman–Crippen LogP) is 2.34. The molecule has 1 aromatic heterocycles. The van der Waals surface area contributed by atoms with Crippen molar-refractivity contribution in [3.8, 4) is 0 Å². The van der Waals surface area contributed by atoms with Crippen molar-refractivity contribution in [2.45, 2.75) is 44.9 Å². The highest BCUT2D eigenvalue weighted by molar-refractivity contribution is 6.00. The van der Waals surface area contributed by atoms with Crippen LogP contribution in [0.25, 0.3) is 0 Å². The van der Waals surface area contributed by atoms with Crippen LogP contribution in [0.2, 0.25) is 0 Å². The van der Waals surface area contributed by atoms with Crippen LogP contribution in [-0.4, -0.2) is 38.8 Å². The molecule has 3 heterocycles. The summed E-state index contributed by atoms with van der Waals surface area (Å²) in [4.78, 5) is 15.0. The molecule has 6 heteroatoms. The molecule has 1 unspecified atom stereocenters. The van der Waals surface area contributed by atoms with Crippen LogP contribution in [-0.2, 0) is 19.5 Å². The molecule has 6 nitrogen and oxygen atoms in total. The molecule has 0 spiro atoms. The summed E-state index contributed by atoms with van der Waals surface area (Å²) in [5.74, 6) is 0.444. The quantitative estimate of drug-likeness (QED) is 0.890. The average Bonchev–Trinajstić information content (AvgIpc) is 3.44. The lowest BCUT2D eigenvalue weighted by atomic mass is 9.98. The van der Waals surface area contributed by atoms with Gasteiger partial charge in [0.25, 0.3) is 5.91 Å². The van der Waals surface area contributed by atoms with Gasteiger partial charge in [-0.3, -0.25) is 9.48 Å². The van der Waals surface area contributed by atoms with Crippen LogP contribution in [0.3, 0.4) is 0 Å². The molecule has 1 saturated carbocycles. The van der Waals surface area contributed by atoms with Gasteiger partial charge in [0.1, 0.15) is 6.10 Å². The highest BCUT2D eigenvalue weighted by Gasteiger charge is 2.34. The Labute approximate surface area is 152 Å². The number of aliphatic hydroxyl groups is 1. The predicted molar refractivity (Wildman–Crippen MR) is 97.9 cm³/mol. The number of aromatic nitrogens is 2. The van der Waals surface area contributed by atoms with E-state index in [0.717, 1.165) is 54.9 Å². The molecule has 5 rings (SSSR count). The normalized spacial score (nSPS) is 20.1. The maximum atomic E-state index is 13.1. The van der Waals surface area contributed by atoms with Gasteiger partial charge in [-0.25, -0.2) is 0 Å². The smallest absolute Gasteiger partial charge is 0.256 e. The summed E-state index contributed by atoms with van der Waals surface area (Å²) in [7, 11) is 0. The van der Waals surface area contributed by atoms with Crippen molar-refractivity contribution in [1.82, 2.24) is 14.7 Å². The van der Waals surface area contributed by atoms with E-state index in [4.69, 9.17) is 0 Å². The van der Waals surface area contributed by atoms with Gasteiger partial charge in [-0.05, 0) is 49.3 Å². The highest BCUT2D eigenvalue weighted by atomic mass is 16.3. The van der Waals surface area contributed by atoms with Crippen LogP contribution in [0.1, 0.15) is 52.7 Å². The van der Waals surface area contributed by atoms with Gasteiger partial charge in [0.05, 0.1) is 35.7 Å². The molecular formula is C20H24N4O2. The maximum absolute atomic E-state index is 13.1. The Kier molecular flexibility index (Phi) is 3.74. The molecule has 1 fully saturated rings. The van der Waals surface area contributed by atoms with Crippen molar-refractivity contribution in [3.05, 3.63) is 46.8 Å². The molecule has 3 aliphatic rings. The Morgan fingerprint density at radius 1 is 1.31 bits per heavy atom. The number of aryl methyl sites for hydroxylation is 1. The first-order valence-corrected chi connectivity index (χ1v) is 9.60. The van der Waals surface area contributed by atoms with Gasteiger partial charge >= 0.3 is 0 Å². The molecule has 2 aliphatic heterocycles. The van der Waals surface area contributed by atoms with E-state index >= 15 is 0 Å². The van der Waals surface area contributed by atoms with Crippen molar-refractivity contribution in [2.75, 3.05) is 18.4 Å². The van der Waals surface area contributed by atoms with E-state index in [0.29, 0.717) is 25.6 Å². The SMILES string of the molecule is O=C(c1cccc2c1NCCC2)N1CCn2nc(C(O)C3CC3)cc2C1. The topological polar surface area (TPSA) is 70.4 Å². The molecule has 1 aromatic carbocycles. The first-order valence-electron chi connectivity index (χ1n) is 9.60. The Bertz CT molecular complexity index is 855. The number of carbonyl (C=O) groups is 1. The summed E-state index contributed by atoms with van der Waals surface area (Å²) < 4.78 is 1.95. The lowest BCUT2D eigenvalue weighted by molar-refractivity contribution is 0.0706. The molecule has 2 N–H and O–H groups in total. The van der Waals surface area contributed by atoms with Gasteiger partial charge in [0.15, 0.2) is 0 Å². The second-order valence-corrected chi connectivity index (χ2v) is 7.66. The van der Waals surface area contributed by atoms with Crippen LogP contribution < -0.4 is 5.32 Å². The minimum Gasteiger partial charge on any atom is -0.386 e. The van der Waals surface area contributed by atoms with E-state index < -0.39 is 6.10 Å². The van der Waals surface area contributed by atoms with E-state index in [1.807, 2.05) is 27.8 Å². The second-order valence-electron chi connectivity index (χ2n) is 7.66. The standard InChI is InChI=1S/C20H24N4O2/c25-19(14-6-7-14)17-11-15-12-23(9-10-24(15)22-17)20(26)16-5-1-3-13-4-2-8-21-18(13)16/h1,3,5,11,14,19,21,25H,2,4,6-10,12H2. The van der Waals surface area contributed by atoms with Crippen molar-refractivity contribution < 1.29 is 9.90 Å². The minimum atomic E-state index is -0.456. The van der Waals surface area contributed by atoms with Crippen LogP contribution >= 0.6 is 0 Å². The zero-order valence-electron chi connectivity index (χ0n) is 14.8. The first kappa shape index (κ1) is 15.9.